The van der Waals surface area contributed by atoms with E-state index < -0.39 is 11.5 Å². The third-order valence-corrected chi connectivity index (χ3v) is 4.88. The number of benzene rings is 2. The molecule has 0 aliphatic carbocycles. The molecule has 0 saturated carbocycles. The number of nitrogens with zero attached hydrogens (tertiary/aromatic N) is 1. The molecule has 2 amide bonds. The van der Waals surface area contributed by atoms with Gasteiger partial charge < -0.3 is 20.0 Å². The molecule has 0 spiro atoms. The minimum atomic E-state index is -0.638. The summed E-state index contributed by atoms with van der Waals surface area (Å²) >= 11 is 0. The summed E-state index contributed by atoms with van der Waals surface area (Å²) in [7, 11) is 1.67. The highest BCUT2D eigenvalue weighted by Crippen LogP contribution is 2.30. The second-order valence-corrected chi connectivity index (χ2v) is 6.62. The number of fused-ring (bicyclic) bond motifs is 1. The van der Waals surface area contributed by atoms with Gasteiger partial charge in [-0.05, 0) is 24.3 Å². The first-order chi connectivity index (χ1) is 13.6. The molecule has 4 rings (SSSR count). The van der Waals surface area contributed by atoms with Gasteiger partial charge in [0.25, 0.3) is 0 Å². The lowest BCUT2D eigenvalue weighted by atomic mass is 10.1. The number of amides is 2. The van der Waals surface area contributed by atoms with Crippen molar-refractivity contribution in [3.63, 3.8) is 0 Å². The van der Waals surface area contributed by atoms with Crippen molar-refractivity contribution in [2.24, 2.45) is 5.92 Å². The van der Waals surface area contributed by atoms with Gasteiger partial charge >= 0.3 is 5.63 Å². The Morgan fingerprint density at radius 2 is 1.75 bits per heavy atom. The van der Waals surface area contributed by atoms with Gasteiger partial charge in [0.1, 0.15) is 5.58 Å². The highest BCUT2D eigenvalue weighted by molar-refractivity contribution is 6.06. The Morgan fingerprint density at radius 3 is 2.50 bits per heavy atom. The molecular weight excluding hydrogens is 358 g/mol. The Labute approximate surface area is 161 Å². The van der Waals surface area contributed by atoms with E-state index in [4.69, 9.17) is 4.42 Å². The molecule has 0 bridgehead atoms. The van der Waals surface area contributed by atoms with E-state index in [9.17, 15) is 14.4 Å². The predicted molar refractivity (Wildman–Crippen MR) is 108 cm³/mol. The molecule has 3 aromatic rings. The van der Waals surface area contributed by atoms with Crippen molar-refractivity contribution in [3.05, 3.63) is 65.0 Å². The van der Waals surface area contributed by atoms with Gasteiger partial charge in [-0.3, -0.25) is 9.59 Å². The Kier molecular flexibility index (Phi) is 4.57. The number of hydrogen-bond donors (Lipinski definition) is 2. The van der Waals surface area contributed by atoms with Crippen molar-refractivity contribution in [1.29, 1.82) is 0 Å². The second-order valence-electron chi connectivity index (χ2n) is 6.62. The van der Waals surface area contributed by atoms with E-state index >= 15 is 0 Å². The number of rotatable bonds is 4. The molecule has 142 valence electrons. The summed E-state index contributed by atoms with van der Waals surface area (Å²) in [4.78, 5) is 39.2. The summed E-state index contributed by atoms with van der Waals surface area (Å²) in [6, 6.07) is 16.3. The van der Waals surface area contributed by atoms with Gasteiger partial charge in [0.15, 0.2) is 5.69 Å². The number of para-hydroxylation sites is 2. The minimum absolute atomic E-state index is 0.0526. The molecule has 28 heavy (non-hydrogen) atoms. The Balaban J connectivity index is 1.60. The van der Waals surface area contributed by atoms with Gasteiger partial charge in [-0.2, -0.15) is 0 Å². The fourth-order valence-corrected chi connectivity index (χ4v) is 3.49. The van der Waals surface area contributed by atoms with Crippen LogP contribution in [-0.2, 0) is 9.59 Å². The van der Waals surface area contributed by atoms with Crippen molar-refractivity contribution in [2.45, 2.75) is 6.42 Å². The van der Waals surface area contributed by atoms with Crippen LogP contribution in [0.15, 0.2) is 63.8 Å². The van der Waals surface area contributed by atoms with E-state index in [2.05, 4.69) is 10.6 Å². The highest BCUT2D eigenvalue weighted by atomic mass is 16.4. The molecule has 1 fully saturated rings. The van der Waals surface area contributed by atoms with Crippen LogP contribution < -0.4 is 21.2 Å². The van der Waals surface area contributed by atoms with Crippen LogP contribution in [0.4, 0.5) is 17.1 Å². The Morgan fingerprint density at radius 1 is 1.04 bits per heavy atom. The molecule has 1 aliphatic rings. The number of carbonyl (C=O) groups excluding carboxylic acids is 2. The van der Waals surface area contributed by atoms with E-state index in [1.807, 2.05) is 36.4 Å². The number of hydrogen-bond acceptors (Lipinski definition) is 5. The van der Waals surface area contributed by atoms with Gasteiger partial charge in [0, 0.05) is 31.1 Å². The molecule has 2 heterocycles. The normalized spacial score (nSPS) is 16.4. The molecule has 0 radical (unpaired) electrons. The van der Waals surface area contributed by atoms with Gasteiger partial charge in [0.2, 0.25) is 11.8 Å². The summed E-state index contributed by atoms with van der Waals surface area (Å²) < 4.78 is 5.32. The first kappa shape index (κ1) is 17.8. The zero-order valence-electron chi connectivity index (χ0n) is 15.3. The third-order valence-electron chi connectivity index (χ3n) is 4.88. The van der Waals surface area contributed by atoms with E-state index in [1.54, 1.807) is 30.1 Å². The van der Waals surface area contributed by atoms with Crippen LogP contribution >= 0.6 is 0 Å². The van der Waals surface area contributed by atoms with Gasteiger partial charge in [-0.1, -0.05) is 30.3 Å². The topological polar surface area (TPSA) is 91.6 Å². The van der Waals surface area contributed by atoms with Crippen LogP contribution in [0.3, 0.4) is 0 Å². The summed E-state index contributed by atoms with van der Waals surface area (Å²) in [5.41, 5.74) is 1.09. The number of anilines is 3. The maximum Gasteiger partial charge on any atom is 0.362 e. The Bertz CT molecular complexity index is 1110. The monoisotopic (exact) mass is 377 g/mol. The number of carbonyl (C=O) groups is 2. The molecule has 2 aromatic carbocycles. The highest BCUT2D eigenvalue weighted by Gasteiger charge is 2.35. The summed E-state index contributed by atoms with van der Waals surface area (Å²) in [5.74, 6) is -1.06. The van der Waals surface area contributed by atoms with Crippen LogP contribution in [0.5, 0.6) is 0 Å². The summed E-state index contributed by atoms with van der Waals surface area (Å²) in [5, 5.41) is 6.32. The third kappa shape index (κ3) is 3.11. The minimum Gasteiger partial charge on any atom is -0.421 e. The molecular formula is C21H19N3O4. The molecule has 1 saturated heterocycles. The van der Waals surface area contributed by atoms with Crippen LogP contribution in [0.1, 0.15) is 6.42 Å². The van der Waals surface area contributed by atoms with E-state index in [1.165, 1.54) is 0 Å². The molecule has 7 heteroatoms. The van der Waals surface area contributed by atoms with Crippen LogP contribution in [0.2, 0.25) is 0 Å². The standard InChI is InChI=1S/C21H19N3O4/c1-22-18-15-9-5-6-10-16(15)28-21(27)19(18)23-20(26)13-11-17(25)24(12-13)14-7-3-2-4-8-14/h2-10,13,22H,11-12H2,1H3,(H,23,26). The predicted octanol–water partition coefficient (Wildman–Crippen LogP) is 2.83. The zero-order valence-corrected chi connectivity index (χ0v) is 15.3. The Hall–Kier alpha value is -3.61. The van der Waals surface area contributed by atoms with Gasteiger partial charge in [-0.15, -0.1) is 0 Å². The first-order valence-electron chi connectivity index (χ1n) is 8.98. The van der Waals surface area contributed by atoms with E-state index in [0.717, 1.165) is 5.69 Å². The van der Waals surface area contributed by atoms with Gasteiger partial charge in [0.05, 0.1) is 11.6 Å². The van der Waals surface area contributed by atoms with Crippen LogP contribution in [0.25, 0.3) is 11.0 Å². The van der Waals surface area contributed by atoms with Crippen LogP contribution in [-0.4, -0.2) is 25.4 Å². The lowest BCUT2D eigenvalue weighted by molar-refractivity contribution is -0.122. The summed E-state index contributed by atoms with van der Waals surface area (Å²) in [6.07, 6.45) is 0.0918. The number of nitrogens with one attached hydrogen (secondary N) is 2. The smallest absolute Gasteiger partial charge is 0.362 e. The van der Waals surface area contributed by atoms with E-state index in [-0.39, 0.29) is 30.5 Å². The molecule has 7 nitrogen and oxygen atoms in total. The quantitative estimate of drug-likeness (QED) is 0.682. The molecule has 1 unspecified atom stereocenters. The maximum atomic E-state index is 12.8. The van der Waals surface area contributed by atoms with Crippen molar-refractivity contribution < 1.29 is 14.0 Å². The maximum absolute atomic E-state index is 12.8. The zero-order chi connectivity index (χ0) is 19.7. The molecule has 2 N–H and O–H groups in total. The lowest BCUT2D eigenvalue weighted by Gasteiger charge is -2.17. The molecule has 1 aliphatic heterocycles. The summed E-state index contributed by atoms with van der Waals surface area (Å²) in [6.45, 7) is 0.266. The van der Waals surface area contributed by atoms with Crippen molar-refractivity contribution in [3.8, 4) is 0 Å². The average molecular weight is 377 g/mol. The molecule has 1 atom stereocenters. The van der Waals surface area contributed by atoms with Crippen molar-refractivity contribution in [2.75, 3.05) is 29.1 Å². The molecule has 1 aromatic heterocycles. The first-order valence-corrected chi connectivity index (χ1v) is 8.98. The fourth-order valence-electron chi connectivity index (χ4n) is 3.49. The van der Waals surface area contributed by atoms with E-state index in [0.29, 0.717) is 16.7 Å². The van der Waals surface area contributed by atoms with Crippen LogP contribution in [0, 0.1) is 5.92 Å². The average Bonchev–Trinajstić information content (AvgIpc) is 3.11. The SMILES string of the molecule is CNc1c(NC(=O)C2CC(=O)N(c3ccccc3)C2)c(=O)oc2ccccc12. The second kappa shape index (κ2) is 7.19. The fraction of sp³-hybridized carbons (Fsp3) is 0.190. The van der Waals surface area contributed by atoms with Crippen molar-refractivity contribution >= 4 is 39.8 Å². The largest absolute Gasteiger partial charge is 0.421 e. The lowest BCUT2D eigenvalue weighted by Crippen LogP contribution is -2.29. The van der Waals surface area contributed by atoms with Gasteiger partial charge in [-0.25, -0.2) is 4.79 Å². The van der Waals surface area contributed by atoms with Crippen molar-refractivity contribution in [1.82, 2.24) is 0 Å².